The number of aromatic nitrogens is 4. The SMILES string of the molecule is c1ccc([N+]2(c3ccccc3)c3c4ccccc4cc4ccc5c(c34)C2[n+]2ccccc2-5)cc1.c1ccc([N+]2(c3ccccc3)c3cc4ccccc4c4ccc5c(c34)C2[n+]2ccccc2-5)cc1.c1ccc([N+]2(c3ccccc3)c3cccc4ccc5c(c34)C2[n+]2c-5ccc3ccccc32)cc1.c1ccc([N+]2(c3ccccc3)c3cccc4ccc5c(c34)C2[n+]2ccc3ccccc3c2-5)cc1. The summed E-state index contributed by atoms with van der Waals surface area (Å²) >= 11 is 0. The Kier molecular flexibility index (Phi) is 16.5. The van der Waals surface area contributed by atoms with Crippen LogP contribution in [0.25, 0.3) is 131 Å². The van der Waals surface area contributed by atoms with Gasteiger partial charge in [0.1, 0.15) is 67.8 Å². The van der Waals surface area contributed by atoms with E-state index in [1.807, 2.05) is 0 Å². The highest BCUT2D eigenvalue weighted by Crippen LogP contribution is 2.69. The maximum absolute atomic E-state index is 2.60. The molecule has 20 aromatic carbocycles. The summed E-state index contributed by atoms with van der Waals surface area (Å²) in [6.45, 7) is 0. The third kappa shape index (κ3) is 10.1. The van der Waals surface area contributed by atoms with Crippen LogP contribution < -0.4 is 36.2 Å². The molecule has 0 radical (unpaired) electrons. The summed E-state index contributed by atoms with van der Waals surface area (Å²) in [6, 6.07) is 181. The lowest BCUT2D eigenvalue weighted by atomic mass is 9.95. The third-order valence-corrected chi connectivity index (χ3v) is 31.2. The Morgan fingerprint density at radius 1 is 0.176 bits per heavy atom. The molecule has 8 nitrogen and oxygen atoms in total. The Morgan fingerprint density at radius 2 is 0.537 bits per heavy atom. The molecule has 0 bridgehead atoms. The topological polar surface area (TPSA) is 15.5 Å². The molecule has 0 saturated carbocycles. The first-order valence-electron chi connectivity index (χ1n) is 47.5. The first kappa shape index (κ1) is 76.6. The first-order chi connectivity index (χ1) is 67.5. The maximum atomic E-state index is 2.60. The Bertz CT molecular complexity index is 8950. The van der Waals surface area contributed by atoms with Crippen LogP contribution in [0.1, 0.15) is 46.9 Å². The molecule has 4 aromatic heterocycles. The lowest BCUT2D eigenvalue weighted by Gasteiger charge is -2.36. The number of para-hydroxylation sites is 9. The van der Waals surface area contributed by atoms with E-state index in [0.29, 0.717) is 17.9 Å². The quantitative estimate of drug-likeness (QED) is 0.0624. The minimum atomic E-state index is 0.0852. The molecule has 0 N–H and O–H groups in total. The number of pyridine rings is 4. The summed E-state index contributed by atoms with van der Waals surface area (Å²) in [6.07, 6.45) is 7.21. The summed E-state index contributed by atoms with van der Waals surface area (Å²) in [4.78, 5) is 0. The second-order valence-corrected chi connectivity index (χ2v) is 37.3. The van der Waals surface area contributed by atoms with Crippen LogP contribution in [0.5, 0.6) is 0 Å². The van der Waals surface area contributed by atoms with Gasteiger partial charge in [0, 0.05) is 168 Å². The minimum Gasteiger partial charge on any atom is -0.164 e. The summed E-state index contributed by atoms with van der Waals surface area (Å²) in [5, 5.41) is 20.0. The zero-order valence-corrected chi connectivity index (χ0v) is 74.4. The molecule has 0 saturated heterocycles. The Balaban J connectivity index is 0.0000000879. The number of quaternary nitrogens is 4. The highest BCUT2D eigenvalue weighted by atomic mass is 15.5. The van der Waals surface area contributed by atoms with E-state index in [0.717, 1.165) is 0 Å². The van der Waals surface area contributed by atoms with Gasteiger partial charge in [-0.25, -0.2) is 0 Å². The molecule has 0 aliphatic carbocycles. The molecule has 32 rings (SSSR count). The van der Waals surface area contributed by atoms with E-state index in [2.05, 4.69) is 528 Å². The summed E-state index contributed by atoms with van der Waals surface area (Å²) in [7, 11) is 0. The molecule has 4 atom stereocenters. The number of fused-ring (bicyclic) bond motifs is 20. The fraction of sp³-hybridized carbons (Fsp3) is 0.0312. The minimum absolute atomic E-state index is 0.0852. The van der Waals surface area contributed by atoms with Crippen LogP contribution in [0.4, 0.5) is 68.2 Å². The van der Waals surface area contributed by atoms with Gasteiger partial charge in [0.05, 0.1) is 49.2 Å². The molecule has 4 unspecified atom stereocenters. The van der Waals surface area contributed by atoms with Crippen LogP contribution in [0.3, 0.4) is 0 Å². The van der Waals surface area contributed by atoms with Gasteiger partial charge >= 0.3 is 24.7 Å². The Hall–Kier alpha value is -17.1. The van der Waals surface area contributed by atoms with Crippen LogP contribution in [0, 0.1) is 0 Å². The molecular weight excluding hydrogens is 1650 g/mol. The summed E-state index contributed by atoms with van der Waals surface area (Å²) < 4.78 is 12.7. The van der Waals surface area contributed by atoms with Crippen LogP contribution in [-0.2, 0) is 0 Å². The molecule has 12 heterocycles. The normalized spacial score (nSPS) is 16.8. The van der Waals surface area contributed by atoms with Crippen LogP contribution in [0.15, 0.2) is 510 Å². The van der Waals surface area contributed by atoms with Crippen molar-refractivity contribution >= 4 is 155 Å². The smallest absolute Gasteiger partial charge is 0.164 e. The lowest BCUT2D eigenvalue weighted by Crippen LogP contribution is -2.54. The van der Waals surface area contributed by atoms with E-state index in [1.165, 1.54) is 222 Å². The van der Waals surface area contributed by atoms with Crippen LogP contribution in [-0.4, -0.2) is 0 Å². The van der Waals surface area contributed by atoms with Gasteiger partial charge in [-0.15, -0.1) is 18.3 Å². The third-order valence-electron chi connectivity index (χ3n) is 31.2. The lowest BCUT2D eigenvalue weighted by molar-refractivity contribution is -0.710. The average Bonchev–Trinajstić information content (AvgIpc) is 1.51. The summed E-state index contributed by atoms with van der Waals surface area (Å²) in [5.41, 5.74) is 33.3. The molecule has 8 aliphatic heterocycles. The van der Waals surface area contributed by atoms with Crippen LogP contribution >= 0.6 is 0 Å². The van der Waals surface area contributed by atoms with Crippen molar-refractivity contribution in [2.45, 2.75) is 24.7 Å². The number of hydrogen-bond donors (Lipinski definition) is 0. The monoisotopic (exact) mass is 1740 g/mol. The Morgan fingerprint density at radius 3 is 1.07 bits per heavy atom. The largest absolute Gasteiger partial charge is 0.328 e. The second-order valence-electron chi connectivity index (χ2n) is 37.3. The van der Waals surface area contributed by atoms with Gasteiger partial charge in [0.15, 0.2) is 41.3 Å². The van der Waals surface area contributed by atoms with E-state index >= 15 is 0 Å². The number of rotatable bonds is 8. The average molecular weight is 1740 g/mol. The molecular formula is C128H88N8+8. The highest BCUT2D eigenvalue weighted by Gasteiger charge is 2.67. The van der Waals surface area contributed by atoms with E-state index in [4.69, 9.17) is 0 Å². The van der Waals surface area contributed by atoms with Crippen LogP contribution in [0.2, 0.25) is 0 Å². The maximum Gasteiger partial charge on any atom is 0.328 e. The number of nitrogens with zero attached hydrogens (tertiary/aromatic N) is 8. The second kappa shape index (κ2) is 29.2. The van der Waals surface area contributed by atoms with Gasteiger partial charge in [-0.3, -0.25) is 0 Å². The molecule has 0 spiro atoms. The zero-order valence-electron chi connectivity index (χ0n) is 74.4. The van der Waals surface area contributed by atoms with Crippen molar-refractivity contribution in [3.8, 4) is 45.0 Å². The molecule has 136 heavy (non-hydrogen) atoms. The van der Waals surface area contributed by atoms with E-state index in [-0.39, 0.29) is 24.7 Å². The van der Waals surface area contributed by atoms with Gasteiger partial charge in [-0.1, -0.05) is 267 Å². The fourth-order valence-corrected chi connectivity index (χ4v) is 26.2. The van der Waals surface area contributed by atoms with E-state index in [9.17, 15) is 0 Å². The highest BCUT2D eigenvalue weighted by molar-refractivity contribution is 6.20. The van der Waals surface area contributed by atoms with E-state index in [1.54, 1.807) is 0 Å². The predicted molar refractivity (Wildman–Crippen MR) is 557 cm³/mol. The van der Waals surface area contributed by atoms with Gasteiger partial charge in [-0.2, -0.15) is 17.9 Å². The molecule has 8 aliphatic rings. The summed E-state index contributed by atoms with van der Waals surface area (Å²) in [5.74, 6) is 0. The van der Waals surface area contributed by atoms with Gasteiger partial charge in [0.25, 0.3) is 0 Å². The van der Waals surface area contributed by atoms with Gasteiger partial charge in [0.2, 0.25) is 28.3 Å². The van der Waals surface area contributed by atoms with Crippen molar-refractivity contribution < 1.29 is 18.3 Å². The van der Waals surface area contributed by atoms with Crippen molar-refractivity contribution in [1.82, 2.24) is 17.9 Å². The first-order valence-corrected chi connectivity index (χ1v) is 47.5. The van der Waals surface area contributed by atoms with E-state index < -0.39 is 0 Å². The molecule has 632 valence electrons. The fourth-order valence-electron chi connectivity index (χ4n) is 26.2. The standard InChI is InChI=1S/4C32H22N2/c1-3-12-24(13-4-1)34(25-14-5-2-6-15-25)31-26-16-8-7-11-22(26)21-23-18-19-27-28-17-9-10-20-33(28)32(34)30(27)29(23)31;1-3-12-23(13-4-1)34(24-14-5-2-6-15-24)29-21-22-11-7-8-16-25(22)26-18-19-27-28-17-9-10-20-33(28)32(34)31(27)30(26)29;1-3-12-24(13-4-1)34(25-14-5-2-6-15-25)29-17-9-11-23-18-20-26-28-21-19-22-10-7-8-16-27(22)33(28)32(34)31(26)30(23)29;1-3-12-24(13-4-1)34(25-14-5-2-6-15-25)28-17-9-11-23-18-19-27-30(29(23)28)32(34)33-21-20-22-10-7-8-16-26(22)31(27)33/h4*1-21,32H/q4*+2. The van der Waals surface area contributed by atoms with Crippen molar-refractivity contribution in [3.05, 3.63) is 532 Å². The molecule has 24 aromatic rings. The molecule has 8 heteroatoms. The van der Waals surface area contributed by atoms with Crippen molar-refractivity contribution in [3.63, 3.8) is 0 Å². The Labute approximate surface area is 787 Å². The van der Waals surface area contributed by atoms with Crippen molar-refractivity contribution in [2.24, 2.45) is 0 Å². The predicted octanol–water partition coefficient (Wildman–Crippen LogP) is 31.2. The zero-order chi connectivity index (χ0) is 89.1. The van der Waals surface area contributed by atoms with Crippen molar-refractivity contribution in [1.29, 1.82) is 0 Å². The number of benzene rings is 20. The number of hydrogen-bond acceptors (Lipinski definition) is 0. The van der Waals surface area contributed by atoms with Gasteiger partial charge in [-0.05, 0) is 110 Å². The van der Waals surface area contributed by atoms with Gasteiger partial charge < -0.3 is 0 Å². The molecule has 0 amide bonds. The van der Waals surface area contributed by atoms with Crippen molar-refractivity contribution in [2.75, 3.05) is 0 Å². The molecule has 0 fully saturated rings.